The topological polar surface area (TPSA) is 32.7 Å². The first-order valence-corrected chi connectivity index (χ1v) is 8.67. The van der Waals surface area contributed by atoms with Crippen LogP contribution in [0.15, 0.2) is 18.2 Å². The Labute approximate surface area is 134 Å². The van der Waals surface area contributed by atoms with Gasteiger partial charge in [-0.25, -0.2) is 0 Å². The molecular weight excluding hydrogens is 274 g/mol. The van der Waals surface area contributed by atoms with Gasteiger partial charge in [-0.1, -0.05) is 25.0 Å². The highest BCUT2D eigenvalue weighted by atomic mass is 16.5. The molecule has 3 atom stereocenters. The van der Waals surface area contributed by atoms with E-state index in [2.05, 4.69) is 44.7 Å². The van der Waals surface area contributed by atoms with E-state index in [4.69, 9.17) is 4.74 Å². The summed E-state index contributed by atoms with van der Waals surface area (Å²) in [4.78, 5) is 2.51. The molecule has 2 aliphatic heterocycles. The van der Waals surface area contributed by atoms with Gasteiger partial charge in [0.25, 0.3) is 0 Å². The maximum absolute atomic E-state index is 11.1. The molecule has 22 heavy (non-hydrogen) atoms. The summed E-state index contributed by atoms with van der Waals surface area (Å²) in [6.07, 6.45) is 4.41. The van der Waals surface area contributed by atoms with E-state index in [1.54, 1.807) is 0 Å². The van der Waals surface area contributed by atoms with Crippen molar-refractivity contribution in [1.29, 1.82) is 0 Å². The van der Waals surface area contributed by atoms with Crippen LogP contribution in [-0.2, 0) is 0 Å². The lowest BCUT2D eigenvalue weighted by Gasteiger charge is -2.51. The highest BCUT2D eigenvalue weighted by Crippen LogP contribution is 2.44. The molecular formula is C19H29NO2. The maximum atomic E-state index is 11.1. The molecule has 1 aromatic rings. The molecule has 1 aromatic carbocycles. The molecule has 0 saturated carbocycles. The highest BCUT2D eigenvalue weighted by molar-refractivity contribution is 5.42. The van der Waals surface area contributed by atoms with Gasteiger partial charge in [0.05, 0.1) is 6.04 Å². The molecule has 0 spiro atoms. The first kappa shape index (κ1) is 15.8. The summed E-state index contributed by atoms with van der Waals surface area (Å²) in [7, 11) is 0. The van der Waals surface area contributed by atoms with E-state index in [1.807, 2.05) is 6.07 Å². The van der Waals surface area contributed by atoms with E-state index in [9.17, 15) is 5.11 Å². The molecule has 3 nitrogen and oxygen atoms in total. The number of ether oxygens (including phenoxy) is 1. The first-order chi connectivity index (χ1) is 10.4. The number of nitrogens with zero attached hydrogens (tertiary/aromatic N) is 1. The Kier molecular flexibility index (Phi) is 4.21. The predicted molar refractivity (Wildman–Crippen MR) is 89.3 cm³/mol. The van der Waals surface area contributed by atoms with E-state index in [-0.39, 0.29) is 11.6 Å². The number of hydrogen-bond donors (Lipinski definition) is 1. The van der Waals surface area contributed by atoms with Crippen molar-refractivity contribution in [3.05, 3.63) is 29.3 Å². The molecule has 0 amide bonds. The van der Waals surface area contributed by atoms with Crippen LogP contribution in [0.2, 0.25) is 0 Å². The number of rotatable bonds is 2. The fourth-order valence-corrected chi connectivity index (χ4v) is 4.29. The fraction of sp³-hybridized carbons (Fsp3) is 0.684. The van der Waals surface area contributed by atoms with Crippen molar-refractivity contribution < 1.29 is 9.84 Å². The standard InChI is InChI=1S/C19H29NO2/c1-5-14-8-6-7-11-20(14)18-17(21)15-12-13(2)9-10-16(15)22-19(18,3)4/h9-10,12,14,17-18,21H,5-8,11H2,1-4H3. The zero-order valence-corrected chi connectivity index (χ0v) is 14.3. The Bertz CT molecular complexity index is 540. The molecule has 1 N–H and O–H groups in total. The van der Waals surface area contributed by atoms with Crippen LogP contribution in [0, 0.1) is 6.92 Å². The number of likely N-dealkylation sites (tertiary alicyclic amines) is 1. The number of hydrogen-bond acceptors (Lipinski definition) is 3. The lowest BCUT2D eigenvalue weighted by atomic mass is 9.82. The SMILES string of the molecule is CCC1CCCCN1C1C(O)c2cc(C)ccc2OC1(C)C. The Balaban J connectivity index is 1.99. The normalized spacial score (nSPS) is 31.4. The van der Waals surface area contributed by atoms with E-state index in [0.29, 0.717) is 6.04 Å². The minimum absolute atomic E-state index is 0.0204. The van der Waals surface area contributed by atoms with Crippen molar-refractivity contribution in [1.82, 2.24) is 4.90 Å². The second kappa shape index (κ2) is 5.86. The summed E-state index contributed by atoms with van der Waals surface area (Å²) < 4.78 is 6.30. The Hall–Kier alpha value is -1.06. The van der Waals surface area contributed by atoms with Crippen LogP contribution >= 0.6 is 0 Å². The molecule has 1 fully saturated rings. The minimum Gasteiger partial charge on any atom is -0.486 e. The van der Waals surface area contributed by atoms with Gasteiger partial charge in [-0.3, -0.25) is 4.90 Å². The van der Waals surface area contributed by atoms with Gasteiger partial charge in [-0.05, 0) is 58.7 Å². The molecule has 2 heterocycles. The second-order valence-electron chi connectivity index (χ2n) is 7.43. The summed E-state index contributed by atoms with van der Waals surface area (Å²) in [5, 5.41) is 11.1. The molecule has 1 saturated heterocycles. The van der Waals surface area contributed by atoms with Gasteiger partial charge >= 0.3 is 0 Å². The smallest absolute Gasteiger partial charge is 0.126 e. The largest absolute Gasteiger partial charge is 0.486 e. The van der Waals surface area contributed by atoms with Crippen molar-refractivity contribution in [2.45, 2.75) is 77.2 Å². The summed E-state index contributed by atoms with van der Waals surface area (Å²) in [5.74, 6) is 0.837. The third-order valence-corrected chi connectivity index (χ3v) is 5.37. The molecule has 3 heteroatoms. The molecule has 3 unspecified atom stereocenters. The third-order valence-electron chi connectivity index (χ3n) is 5.37. The van der Waals surface area contributed by atoms with E-state index < -0.39 is 6.10 Å². The number of fused-ring (bicyclic) bond motifs is 1. The van der Waals surface area contributed by atoms with Crippen LogP contribution in [0.1, 0.15) is 63.7 Å². The van der Waals surface area contributed by atoms with Crippen molar-refractivity contribution in [2.24, 2.45) is 0 Å². The first-order valence-electron chi connectivity index (χ1n) is 8.67. The van der Waals surface area contributed by atoms with E-state index in [1.165, 1.54) is 24.8 Å². The van der Waals surface area contributed by atoms with Crippen molar-refractivity contribution >= 4 is 0 Å². The van der Waals surface area contributed by atoms with Crippen LogP contribution < -0.4 is 4.74 Å². The fourth-order valence-electron chi connectivity index (χ4n) is 4.29. The zero-order valence-electron chi connectivity index (χ0n) is 14.3. The molecule has 2 aliphatic rings. The van der Waals surface area contributed by atoms with Crippen LogP contribution in [0.25, 0.3) is 0 Å². The highest BCUT2D eigenvalue weighted by Gasteiger charge is 2.48. The van der Waals surface area contributed by atoms with Gasteiger partial charge in [-0.15, -0.1) is 0 Å². The summed E-state index contributed by atoms with van der Waals surface area (Å²) >= 11 is 0. The number of aliphatic hydroxyl groups is 1. The molecule has 0 aliphatic carbocycles. The quantitative estimate of drug-likeness (QED) is 0.901. The van der Waals surface area contributed by atoms with Crippen molar-refractivity contribution in [3.63, 3.8) is 0 Å². The van der Waals surface area contributed by atoms with Crippen LogP contribution in [0.5, 0.6) is 5.75 Å². The lowest BCUT2D eigenvalue weighted by Crippen LogP contribution is -2.61. The summed E-state index contributed by atoms with van der Waals surface area (Å²) in [5.41, 5.74) is 1.74. The van der Waals surface area contributed by atoms with E-state index in [0.717, 1.165) is 24.3 Å². The van der Waals surface area contributed by atoms with Gasteiger partial charge in [0.2, 0.25) is 0 Å². The molecule has 3 rings (SSSR count). The monoisotopic (exact) mass is 303 g/mol. The van der Waals surface area contributed by atoms with Crippen molar-refractivity contribution in [3.8, 4) is 5.75 Å². The predicted octanol–water partition coefficient (Wildman–Crippen LogP) is 3.83. The second-order valence-corrected chi connectivity index (χ2v) is 7.43. The summed E-state index contributed by atoms with van der Waals surface area (Å²) in [6, 6.07) is 6.71. The number of benzene rings is 1. The maximum Gasteiger partial charge on any atom is 0.126 e. The number of piperidine rings is 1. The molecule has 122 valence electrons. The molecule has 0 bridgehead atoms. The number of aryl methyl sites for hydroxylation is 1. The lowest BCUT2D eigenvalue weighted by molar-refractivity contribution is -0.103. The van der Waals surface area contributed by atoms with Gasteiger partial charge < -0.3 is 9.84 Å². The zero-order chi connectivity index (χ0) is 15.9. The van der Waals surface area contributed by atoms with Gasteiger partial charge in [0.15, 0.2) is 0 Å². The average Bonchev–Trinajstić information content (AvgIpc) is 2.48. The Morgan fingerprint density at radius 2 is 2.09 bits per heavy atom. The van der Waals surface area contributed by atoms with Crippen molar-refractivity contribution in [2.75, 3.05) is 6.54 Å². The van der Waals surface area contributed by atoms with Gasteiger partial charge in [-0.2, -0.15) is 0 Å². The summed E-state index contributed by atoms with van der Waals surface area (Å²) in [6.45, 7) is 9.62. The third kappa shape index (κ3) is 2.65. The Morgan fingerprint density at radius 3 is 2.82 bits per heavy atom. The van der Waals surface area contributed by atoms with Gasteiger partial charge in [0.1, 0.15) is 17.5 Å². The van der Waals surface area contributed by atoms with Gasteiger partial charge in [0, 0.05) is 11.6 Å². The van der Waals surface area contributed by atoms with Crippen LogP contribution in [0.4, 0.5) is 0 Å². The molecule has 0 aromatic heterocycles. The van der Waals surface area contributed by atoms with Crippen LogP contribution in [0.3, 0.4) is 0 Å². The van der Waals surface area contributed by atoms with Crippen LogP contribution in [-0.4, -0.2) is 34.2 Å². The van der Waals surface area contributed by atoms with E-state index >= 15 is 0 Å². The minimum atomic E-state index is -0.481. The molecule has 0 radical (unpaired) electrons. The number of aliphatic hydroxyl groups excluding tert-OH is 1. The average molecular weight is 303 g/mol. The Morgan fingerprint density at radius 1 is 1.32 bits per heavy atom.